The van der Waals surface area contributed by atoms with Gasteiger partial charge >= 0.3 is 0 Å². The van der Waals surface area contributed by atoms with E-state index in [4.69, 9.17) is 0 Å². The molecule has 5 heteroatoms. The van der Waals surface area contributed by atoms with Crippen molar-refractivity contribution in [2.24, 2.45) is 5.92 Å². The highest BCUT2D eigenvalue weighted by Gasteiger charge is 1.95. The average molecular weight is 260 g/mol. The molecule has 0 spiro atoms. The second-order valence-corrected chi connectivity index (χ2v) is 4.78. The molecule has 0 rings (SSSR count). The summed E-state index contributed by atoms with van der Waals surface area (Å²) in [5.74, 6) is 0.905. The smallest absolute Gasteiger partial charge is 0.218 e. The lowest BCUT2D eigenvalue weighted by molar-refractivity contribution is -0.126. The Bertz CT molecular complexity index is 236. The van der Waals surface area contributed by atoms with Crippen molar-refractivity contribution >= 4 is 18.1 Å². The van der Waals surface area contributed by atoms with Crippen molar-refractivity contribution in [1.29, 1.82) is 0 Å². The first-order chi connectivity index (χ1) is 8.04. The minimum absolute atomic E-state index is 0.0926. The van der Waals surface area contributed by atoms with E-state index in [2.05, 4.69) is 0 Å². The van der Waals surface area contributed by atoms with Crippen molar-refractivity contribution < 1.29 is 14.4 Å². The number of carbonyl (C=O) groups excluding carboxylic acids is 3. The Kier molecular flexibility index (Phi) is 16.6. The molecule has 0 aliphatic heterocycles. The van der Waals surface area contributed by atoms with Gasteiger partial charge in [-0.2, -0.15) is 0 Å². The summed E-state index contributed by atoms with van der Waals surface area (Å²) in [6, 6.07) is 0. The summed E-state index contributed by atoms with van der Waals surface area (Å²) in [5.41, 5.74) is 0. The molecule has 0 aromatic carbocycles. The van der Waals surface area contributed by atoms with E-state index in [-0.39, 0.29) is 11.7 Å². The van der Waals surface area contributed by atoms with Crippen LogP contribution in [0.3, 0.4) is 0 Å². The van der Waals surface area contributed by atoms with Gasteiger partial charge in [-0.15, -0.1) is 0 Å². The van der Waals surface area contributed by atoms with Gasteiger partial charge in [-0.25, -0.2) is 0 Å². The first-order valence-corrected chi connectivity index (χ1v) is 5.83. The van der Waals surface area contributed by atoms with Crippen LogP contribution in [0.15, 0.2) is 0 Å². The summed E-state index contributed by atoms with van der Waals surface area (Å²) in [7, 11) is 6.82. The molecule has 108 valence electrons. The first-order valence-electron chi connectivity index (χ1n) is 5.83. The molecule has 0 aromatic heterocycles. The van der Waals surface area contributed by atoms with Gasteiger partial charge in [-0.05, 0) is 12.8 Å². The SMILES string of the molecule is CC(=O)CC(C)C.CC(=O)N(C)C.CN(C)C=O. The molecule has 0 aliphatic carbocycles. The Morgan fingerprint density at radius 1 is 1.06 bits per heavy atom. The number of hydrogen-bond donors (Lipinski definition) is 0. The van der Waals surface area contributed by atoms with Crippen LogP contribution in [0.2, 0.25) is 0 Å². The Morgan fingerprint density at radius 3 is 1.33 bits per heavy atom. The third-order valence-corrected chi connectivity index (χ3v) is 1.54. The zero-order chi connectivity index (χ0) is 15.3. The Hall–Kier alpha value is -1.39. The minimum Gasteiger partial charge on any atom is -0.351 e. The highest BCUT2D eigenvalue weighted by molar-refractivity contribution is 5.75. The lowest BCUT2D eigenvalue weighted by Gasteiger charge is -2.02. The van der Waals surface area contributed by atoms with Crippen LogP contribution in [0.5, 0.6) is 0 Å². The molecule has 5 nitrogen and oxygen atoms in total. The normalized spacial score (nSPS) is 8.28. The van der Waals surface area contributed by atoms with Gasteiger partial charge in [0.1, 0.15) is 5.78 Å². The molecule has 0 aromatic rings. The third kappa shape index (κ3) is 36.5. The molecule has 0 radical (unpaired) electrons. The number of ketones is 1. The molecule has 0 aliphatic rings. The Labute approximate surface area is 111 Å². The number of rotatable bonds is 3. The predicted octanol–water partition coefficient (Wildman–Crippen LogP) is 1.42. The molecule has 0 unspecified atom stereocenters. The highest BCUT2D eigenvalue weighted by atomic mass is 16.2. The number of Topliss-reactive ketones (excluding diaryl/α,β-unsaturated/α-hetero) is 1. The van der Waals surface area contributed by atoms with Gasteiger partial charge in [-0.3, -0.25) is 9.59 Å². The van der Waals surface area contributed by atoms with Crippen LogP contribution >= 0.6 is 0 Å². The van der Waals surface area contributed by atoms with Crippen molar-refractivity contribution in [2.75, 3.05) is 28.2 Å². The number of hydrogen-bond acceptors (Lipinski definition) is 3. The van der Waals surface area contributed by atoms with Crippen LogP contribution in [-0.2, 0) is 14.4 Å². The van der Waals surface area contributed by atoms with Crippen LogP contribution in [0.1, 0.15) is 34.1 Å². The zero-order valence-electron chi connectivity index (χ0n) is 13.0. The van der Waals surface area contributed by atoms with Crippen molar-refractivity contribution in [3.05, 3.63) is 0 Å². The maximum absolute atomic E-state index is 10.3. The van der Waals surface area contributed by atoms with Crippen LogP contribution in [0.4, 0.5) is 0 Å². The Balaban J connectivity index is -0.000000190. The highest BCUT2D eigenvalue weighted by Crippen LogP contribution is 1.97. The van der Waals surface area contributed by atoms with E-state index in [9.17, 15) is 14.4 Å². The standard InChI is InChI=1S/C6H12O.C4H9NO.C3H7NO/c1-5(2)4-6(3)7;1-4(6)5(2)3;1-4(2)3-5/h5H,4H2,1-3H3;1-3H3;3H,1-2H3. The predicted molar refractivity (Wildman–Crippen MR) is 74.3 cm³/mol. The number of carbonyl (C=O) groups is 3. The molecule has 0 saturated carbocycles. The summed E-state index contributed by atoms with van der Waals surface area (Å²) in [6.45, 7) is 7.24. The molecule has 0 bridgehead atoms. The zero-order valence-corrected chi connectivity index (χ0v) is 13.0. The van der Waals surface area contributed by atoms with Gasteiger partial charge in [-0.1, -0.05) is 13.8 Å². The lowest BCUT2D eigenvalue weighted by atomic mass is 10.1. The molecule has 0 saturated heterocycles. The number of amides is 2. The molecule has 2 amide bonds. The van der Waals surface area contributed by atoms with E-state index in [1.54, 1.807) is 35.1 Å². The monoisotopic (exact) mass is 260 g/mol. The molecule has 0 fully saturated rings. The van der Waals surface area contributed by atoms with Gasteiger partial charge in [0, 0.05) is 41.5 Å². The second kappa shape index (κ2) is 13.7. The van der Waals surface area contributed by atoms with E-state index < -0.39 is 0 Å². The Morgan fingerprint density at radius 2 is 1.33 bits per heavy atom. The van der Waals surface area contributed by atoms with Gasteiger partial charge < -0.3 is 14.6 Å². The molecule has 0 N–H and O–H groups in total. The van der Waals surface area contributed by atoms with Crippen LogP contribution in [0, 0.1) is 5.92 Å². The quantitative estimate of drug-likeness (QED) is 0.721. The summed E-state index contributed by atoms with van der Waals surface area (Å²) in [6.07, 6.45) is 1.47. The number of nitrogens with zero attached hydrogens (tertiary/aromatic N) is 2. The average Bonchev–Trinajstić information content (AvgIpc) is 2.17. The molecular weight excluding hydrogens is 232 g/mol. The summed E-state index contributed by atoms with van der Waals surface area (Å²) in [4.78, 5) is 32.7. The minimum atomic E-state index is 0.0926. The lowest BCUT2D eigenvalue weighted by Crippen LogP contribution is -2.17. The molecule has 0 heterocycles. The van der Waals surface area contributed by atoms with Gasteiger partial charge in [0.15, 0.2) is 0 Å². The van der Waals surface area contributed by atoms with E-state index in [0.717, 1.165) is 12.8 Å². The van der Waals surface area contributed by atoms with Crippen LogP contribution in [-0.4, -0.2) is 56.1 Å². The van der Waals surface area contributed by atoms with Crippen molar-refractivity contribution in [1.82, 2.24) is 9.80 Å². The second-order valence-electron chi connectivity index (χ2n) is 4.78. The topological polar surface area (TPSA) is 57.7 Å². The van der Waals surface area contributed by atoms with E-state index in [0.29, 0.717) is 5.92 Å². The largest absolute Gasteiger partial charge is 0.351 e. The maximum Gasteiger partial charge on any atom is 0.218 e. The van der Waals surface area contributed by atoms with Gasteiger partial charge in [0.25, 0.3) is 0 Å². The fourth-order valence-corrected chi connectivity index (χ4v) is 0.575. The van der Waals surface area contributed by atoms with Crippen LogP contribution in [0.25, 0.3) is 0 Å². The maximum atomic E-state index is 10.3. The fraction of sp³-hybridized carbons (Fsp3) is 0.769. The first kappa shape index (κ1) is 21.9. The third-order valence-electron chi connectivity index (χ3n) is 1.54. The van der Waals surface area contributed by atoms with E-state index >= 15 is 0 Å². The fourth-order valence-electron chi connectivity index (χ4n) is 0.575. The van der Waals surface area contributed by atoms with E-state index in [1.165, 1.54) is 16.7 Å². The van der Waals surface area contributed by atoms with Crippen molar-refractivity contribution in [2.45, 2.75) is 34.1 Å². The summed E-state index contributed by atoms with van der Waals surface area (Å²) in [5, 5.41) is 0. The van der Waals surface area contributed by atoms with Crippen molar-refractivity contribution in [3.63, 3.8) is 0 Å². The van der Waals surface area contributed by atoms with Crippen molar-refractivity contribution in [3.8, 4) is 0 Å². The summed E-state index contributed by atoms with van der Waals surface area (Å²) >= 11 is 0. The van der Waals surface area contributed by atoms with Crippen LogP contribution < -0.4 is 0 Å². The summed E-state index contributed by atoms with van der Waals surface area (Å²) < 4.78 is 0. The van der Waals surface area contributed by atoms with Gasteiger partial charge in [0.2, 0.25) is 12.3 Å². The molecular formula is C13H28N2O3. The van der Waals surface area contributed by atoms with E-state index in [1.807, 2.05) is 13.8 Å². The van der Waals surface area contributed by atoms with Gasteiger partial charge in [0.05, 0.1) is 0 Å². The molecule has 0 atom stereocenters. The molecule has 18 heavy (non-hydrogen) atoms.